The Kier molecular flexibility index (Phi) is 4.88. The van der Waals surface area contributed by atoms with Gasteiger partial charge in [-0.3, -0.25) is 4.79 Å². The predicted octanol–water partition coefficient (Wildman–Crippen LogP) is 1.73. The Morgan fingerprint density at radius 2 is 2.12 bits per heavy atom. The molecular weight excluding hydrogens is 328 g/mol. The first-order valence-corrected chi connectivity index (χ1v) is 9.03. The summed E-state index contributed by atoms with van der Waals surface area (Å²) in [6, 6.07) is 14.1. The number of piperidine rings is 1. The number of carbonyl (C=O) groups excluding carboxylic acids is 1. The number of amides is 1. The van der Waals surface area contributed by atoms with Crippen LogP contribution in [0, 0.1) is 0 Å². The Hall–Kier alpha value is -2.80. The Bertz CT molecular complexity index is 878. The molecule has 1 aliphatic rings. The van der Waals surface area contributed by atoms with Gasteiger partial charge in [-0.1, -0.05) is 30.3 Å². The number of rotatable bonds is 5. The molecule has 7 nitrogen and oxygen atoms in total. The zero-order valence-corrected chi connectivity index (χ0v) is 14.6. The SMILES string of the molecule is O=C(NCCN1CCC[C@H](c2ccccc2)C1)c1ccn2nnnc2c1. The highest BCUT2D eigenvalue weighted by Gasteiger charge is 2.21. The number of nitrogens with zero attached hydrogens (tertiary/aromatic N) is 5. The second kappa shape index (κ2) is 7.61. The Morgan fingerprint density at radius 1 is 1.23 bits per heavy atom. The molecule has 3 aromatic rings. The minimum absolute atomic E-state index is 0.0906. The number of fused-ring (bicyclic) bond motifs is 1. The molecule has 134 valence electrons. The maximum absolute atomic E-state index is 12.3. The summed E-state index contributed by atoms with van der Waals surface area (Å²) >= 11 is 0. The average molecular weight is 350 g/mol. The number of carbonyl (C=O) groups is 1. The van der Waals surface area contributed by atoms with Crippen molar-refractivity contribution in [3.8, 4) is 0 Å². The van der Waals surface area contributed by atoms with Gasteiger partial charge in [-0.15, -0.1) is 5.10 Å². The van der Waals surface area contributed by atoms with Crippen LogP contribution in [0.4, 0.5) is 0 Å². The van der Waals surface area contributed by atoms with E-state index in [1.165, 1.54) is 22.9 Å². The summed E-state index contributed by atoms with van der Waals surface area (Å²) < 4.78 is 1.54. The van der Waals surface area contributed by atoms with E-state index in [1.54, 1.807) is 18.3 Å². The first-order chi connectivity index (χ1) is 12.8. The van der Waals surface area contributed by atoms with Gasteiger partial charge in [0.15, 0.2) is 5.65 Å². The summed E-state index contributed by atoms with van der Waals surface area (Å²) in [6.07, 6.45) is 4.13. The van der Waals surface area contributed by atoms with Gasteiger partial charge in [0.05, 0.1) is 0 Å². The highest BCUT2D eigenvalue weighted by atomic mass is 16.1. The van der Waals surface area contributed by atoms with Crippen molar-refractivity contribution in [3.05, 3.63) is 59.8 Å². The summed E-state index contributed by atoms with van der Waals surface area (Å²) in [5.74, 6) is 0.496. The summed E-state index contributed by atoms with van der Waals surface area (Å²) in [7, 11) is 0. The fourth-order valence-corrected chi connectivity index (χ4v) is 3.57. The van der Waals surface area contributed by atoms with E-state index in [0.717, 1.165) is 19.6 Å². The minimum atomic E-state index is -0.0906. The number of likely N-dealkylation sites (tertiary alicyclic amines) is 1. The van der Waals surface area contributed by atoms with Crippen molar-refractivity contribution in [1.29, 1.82) is 0 Å². The monoisotopic (exact) mass is 350 g/mol. The first kappa shape index (κ1) is 16.7. The lowest BCUT2D eigenvalue weighted by Crippen LogP contribution is -2.40. The molecule has 4 rings (SSSR count). The van der Waals surface area contributed by atoms with Crippen molar-refractivity contribution in [2.45, 2.75) is 18.8 Å². The van der Waals surface area contributed by atoms with E-state index in [-0.39, 0.29) is 5.91 Å². The third kappa shape index (κ3) is 3.72. The molecule has 0 bridgehead atoms. The van der Waals surface area contributed by atoms with E-state index >= 15 is 0 Å². The predicted molar refractivity (Wildman–Crippen MR) is 98.0 cm³/mol. The van der Waals surface area contributed by atoms with Crippen molar-refractivity contribution in [1.82, 2.24) is 30.3 Å². The summed E-state index contributed by atoms with van der Waals surface area (Å²) in [6.45, 7) is 3.65. The molecular formula is C19H22N6O. The van der Waals surface area contributed by atoms with E-state index in [2.05, 4.69) is 56.1 Å². The molecule has 7 heteroatoms. The highest BCUT2D eigenvalue weighted by molar-refractivity contribution is 5.94. The van der Waals surface area contributed by atoms with Crippen molar-refractivity contribution in [2.24, 2.45) is 0 Å². The molecule has 1 saturated heterocycles. The standard InChI is InChI=1S/C19H22N6O/c26-19(16-8-11-25-18(13-16)21-22-23-25)20-9-12-24-10-4-7-17(14-24)15-5-2-1-3-6-15/h1-3,5-6,8,11,13,17H,4,7,9-10,12,14H2,(H,20,26)/t17-/m0/s1. The molecule has 1 aliphatic heterocycles. The van der Waals surface area contributed by atoms with Crippen molar-refractivity contribution < 1.29 is 4.79 Å². The van der Waals surface area contributed by atoms with Crippen LogP contribution in [-0.2, 0) is 0 Å². The number of pyridine rings is 1. The molecule has 1 fully saturated rings. The smallest absolute Gasteiger partial charge is 0.251 e. The number of hydrogen-bond donors (Lipinski definition) is 1. The molecule has 0 spiro atoms. The summed E-state index contributed by atoms with van der Waals surface area (Å²) in [5.41, 5.74) is 2.56. The van der Waals surface area contributed by atoms with E-state index < -0.39 is 0 Å². The second-order valence-corrected chi connectivity index (χ2v) is 6.70. The Labute approximate surface area is 152 Å². The molecule has 0 aliphatic carbocycles. The fourth-order valence-electron chi connectivity index (χ4n) is 3.57. The third-order valence-corrected chi connectivity index (χ3v) is 4.95. The van der Waals surface area contributed by atoms with Gasteiger partial charge in [-0.2, -0.15) is 0 Å². The lowest BCUT2D eigenvalue weighted by atomic mass is 9.91. The first-order valence-electron chi connectivity index (χ1n) is 9.03. The van der Waals surface area contributed by atoms with E-state index in [4.69, 9.17) is 0 Å². The van der Waals surface area contributed by atoms with Crippen LogP contribution in [0.15, 0.2) is 48.7 Å². The number of benzene rings is 1. The van der Waals surface area contributed by atoms with Crippen molar-refractivity contribution in [3.63, 3.8) is 0 Å². The normalized spacial score (nSPS) is 18.1. The minimum Gasteiger partial charge on any atom is -0.351 e. The van der Waals surface area contributed by atoms with E-state index in [1.807, 2.05) is 0 Å². The molecule has 1 atom stereocenters. The Balaban J connectivity index is 1.29. The van der Waals surface area contributed by atoms with Gasteiger partial charge in [0.25, 0.3) is 5.91 Å². The quantitative estimate of drug-likeness (QED) is 0.758. The van der Waals surface area contributed by atoms with Crippen molar-refractivity contribution >= 4 is 11.6 Å². The summed E-state index contributed by atoms with van der Waals surface area (Å²) in [4.78, 5) is 14.8. The maximum Gasteiger partial charge on any atom is 0.251 e. The molecule has 0 saturated carbocycles. The van der Waals surface area contributed by atoms with Crippen LogP contribution in [0.3, 0.4) is 0 Å². The number of aromatic nitrogens is 4. The van der Waals surface area contributed by atoms with Crippen molar-refractivity contribution in [2.75, 3.05) is 26.2 Å². The fraction of sp³-hybridized carbons (Fsp3) is 0.368. The molecule has 1 aromatic carbocycles. The molecule has 26 heavy (non-hydrogen) atoms. The van der Waals surface area contributed by atoms with Crippen LogP contribution in [-0.4, -0.2) is 57.0 Å². The highest BCUT2D eigenvalue weighted by Crippen LogP contribution is 2.26. The number of tetrazole rings is 1. The average Bonchev–Trinajstić information content (AvgIpc) is 3.17. The van der Waals surface area contributed by atoms with Crippen LogP contribution in [0.25, 0.3) is 5.65 Å². The summed E-state index contributed by atoms with van der Waals surface area (Å²) in [5, 5.41) is 14.2. The molecule has 1 N–H and O–H groups in total. The van der Waals surface area contributed by atoms with E-state index in [0.29, 0.717) is 23.7 Å². The zero-order chi connectivity index (χ0) is 17.8. The van der Waals surface area contributed by atoms with Gasteiger partial charge in [0, 0.05) is 31.4 Å². The topological polar surface area (TPSA) is 75.4 Å². The van der Waals surface area contributed by atoms with Crippen LogP contribution in [0.5, 0.6) is 0 Å². The third-order valence-electron chi connectivity index (χ3n) is 4.95. The Morgan fingerprint density at radius 3 is 3.00 bits per heavy atom. The molecule has 0 unspecified atom stereocenters. The largest absolute Gasteiger partial charge is 0.351 e. The van der Waals surface area contributed by atoms with E-state index in [9.17, 15) is 4.79 Å². The zero-order valence-electron chi connectivity index (χ0n) is 14.6. The van der Waals surface area contributed by atoms with Gasteiger partial charge in [-0.25, -0.2) is 4.52 Å². The molecule has 2 aromatic heterocycles. The number of nitrogens with one attached hydrogen (secondary N) is 1. The molecule has 1 amide bonds. The van der Waals surface area contributed by atoms with Crippen LogP contribution < -0.4 is 5.32 Å². The maximum atomic E-state index is 12.3. The van der Waals surface area contributed by atoms with Gasteiger partial charge in [0.2, 0.25) is 0 Å². The van der Waals surface area contributed by atoms with Gasteiger partial charge in [-0.05, 0) is 53.4 Å². The van der Waals surface area contributed by atoms with Crippen LogP contribution in [0.1, 0.15) is 34.7 Å². The lowest BCUT2D eigenvalue weighted by molar-refractivity contribution is 0.0945. The van der Waals surface area contributed by atoms with Gasteiger partial charge in [0.1, 0.15) is 0 Å². The number of hydrogen-bond acceptors (Lipinski definition) is 5. The molecule has 0 radical (unpaired) electrons. The lowest BCUT2D eigenvalue weighted by Gasteiger charge is -2.33. The second-order valence-electron chi connectivity index (χ2n) is 6.70. The van der Waals surface area contributed by atoms with Crippen LogP contribution in [0.2, 0.25) is 0 Å². The van der Waals surface area contributed by atoms with Gasteiger partial charge < -0.3 is 10.2 Å². The van der Waals surface area contributed by atoms with Crippen LogP contribution >= 0.6 is 0 Å². The van der Waals surface area contributed by atoms with Gasteiger partial charge >= 0.3 is 0 Å². The molecule has 3 heterocycles.